The van der Waals surface area contributed by atoms with Gasteiger partial charge in [0, 0.05) is 6.07 Å². The van der Waals surface area contributed by atoms with Crippen molar-refractivity contribution in [3.8, 4) is 11.5 Å². The van der Waals surface area contributed by atoms with E-state index in [4.69, 9.17) is 13.9 Å². The van der Waals surface area contributed by atoms with Crippen LogP contribution in [0.3, 0.4) is 0 Å². The maximum atomic E-state index is 11.3. The third-order valence-corrected chi connectivity index (χ3v) is 2.43. The van der Waals surface area contributed by atoms with Gasteiger partial charge in [-0.25, -0.2) is 4.79 Å². The quantitative estimate of drug-likeness (QED) is 0.727. The summed E-state index contributed by atoms with van der Waals surface area (Å²) in [4.78, 5) is 11.3. The Bertz CT molecular complexity index is 583. The molecule has 0 bridgehead atoms. The van der Waals surface area contributed by atoms with Gasteiger partial charge in [-0.15, -0.1) is 0 Å². The van der Waals surface area contributed by atoms with Crippen LogP contribution in [-0.2, 0) is 0 Å². The standard InChI is InChI=1S/C12H12O4/c1-7-4-8(14-2)5-10-12(7)9(15-3)6-11(13)16-10/h4-6H,1-3H3. The van der Waals surface area contributed by atoms with E-state index in [0.29, 0.717) is 17.1 Å². The monoisotopic (exact) mass is 220 g/mol. The van der Waals surface area contributed by atoms with Crippen molar-refractivity contribution in [2.24, 2.45) is 0 Å². The smallest absolute Gasteiger partial charge is 0.339 e. The average molecular weight is 220 g/mol. The molecule has 4 heteroatoms. The molecule has 16 heavy (non-hydrogen) atoms. The first-order valence-electron chi connectivity index (χ1n) is 4.82. The van der Waals surface area contributed by atoms with Crippen LogP contribution in [0.1, 0.15) is 5.56 Å². The lowest BCUT2D eigenvalue weighted by molar-refractivity contribution is 0.408. The summed E-state index contributed by atoms with van der Waals surface area (Å²) in [5.41, 5.74) is 0.980. The van der Waals surface area contributed by atoms with Crippen LogP contribution in [0.4, 0.5) is 0 Å². The molecule has 0 saturated heterocycles. The molecule has 84 valence electrons. The fourth-order valence-corrected chi connectivity index (χ4v) is 1.72. The van der Waals surface area contributed by atoms with Gasteiger partial charge in [-0.1, -0.05) is 0 Å². The zero-order valence-corrected chi connectivity index (χ0v) is 9.37. The minimum absolute atomic E-state index is 0.433. The van der Waals surface area contributed by atoms with Gasteiger partial charge in [-0.3, -0.25) is 0 Å². The van der Waals surface area contributed by atoms with E-state index in [2.05, 4.69) is 0 Å². The molecule has 0 radical (unpaired) electrons. The Kier molecular flexibility index (Phi) is 2.56. The normalized spacial score (nSPS) is 10.4. The Labute approximate surface area is 92.4 Å². The molecule has 0 aliphatic carbocycles. The third-order valence-electron chi connectivity index (χ3n) is 2.43. The predicted octanol–water partition coefficient (Wildman–Crippen LogP) is 2.12. The van der Waals surface area contributed by atoms with Crippen molar-refractivity contribution in [2.75, 3.05) is 14.2 Å². The Hall–Kier alpha value is -1.97. The van der Waals surface area contributed by atoms with Crippen molar-refractivity contribution in [1.82, 2.24) is 0 Å². The molecule has 0 spiro atoms. The van der Waals surface area contributed by atoms with Gasteiger partial charge < -0.3 is 13.9 Å². The maximum absolute atomic E-state index is 11.3. The third kappa shape index (κ3) is 1.62. The summed E-state index contributed by atoms with van der Waals surface area (Å²) in [5, 5.41) is 0.794. The van der Waals surface area contributed by atoms with Crippen LogP contribution >= 0.6 is 0 Å². The molecular weight excluding hydrogens is 208 g/mol. The first kappa shape index (κ1) is 10.5. The molecule has 1 aromatic carbocycles. The summed E-state index contributed by atoms with van der Waals surface area (Å²) in [6.45, 7) is 1.91. The number of ether oxygens (including phenoxy) is 2. The highest BCUT2D eigenvalue weighted by Gasteiger charge is 2.10. The highest BCUT2D eigenvalue weighted by molar-refractivity contribution is 5.87. The van der Waals surface area contributed by atoms with Gasteiger partial charge in [-0.05, 0) is 18.6 Å². The van der Waals surface area contributed by atoms with E-state index in [0.717, 1.165) is 10.9 Å². The number of rotatable bonds is 2. The molecule has 0 amide bonds. The molecule has 0 aliphatic heterocycles. The largest absolute Gasteiger partial charge is 0.497 e. The average Bonchev–Trinajstić information content (AvgIpc) is 2.26. The van der Waals surface area contributed by atoms with Crippen LogP contribution in [0, 0.1) is 6.92 Å². The molecular formula is C12H12O4. The van der Waals surface area contributed by atoms with E-state index >= 15 is 0 Å². The minimum atomic E-state index is -0.433. The second-order valence-corrected chi connectivity index (χ2v) is 3.45. The number of hydrogen-bond acceptors (Lipinski definition) is 4. The number of fused-ring (bicyclic) bond motifs is 1. The molecule has 0 unspecified atom stereocenters. The summed E-state index contributed by atoms with van der Waals surface area (Å²) in [5.74, 6) is 1.17. The summed E-state index contributed by atoms with van der Waals surface area (Å²) >= 11 is 0. The number of benzene rings is 1. The summed E-state index contributed by atoms with van der Waals surface area (Å²) in [6.07, 6.45) is 0. The molecule has 0 N–H and O–H groups in total. The zero-order chi connectivity index (χ0) is 11.7. The van der Waals surface area contributed by atoms with Crippen LogP contribution < -0.4 is 15.1 Å². The van der Waals surface area contributed by atoms with Gasteiger partial charge in [0.25, 0.3) is 0 Å². The Morgan fingerprint density at radius 3 is 2.50 bits per heavy atom. The first-order chi connectivity index (χ1) is 7.65. The van der Waals surface area contributed by atoms with Crippen molar-refractivity contribution in [3.63, 3.8) is 0 Å². The number of hydrogen-bond donors (Lipinski definition) is 0. The Balaban J connectivity index is 2.88. The molecule has 2 aromatic rings. The van der Waals surface area contributed by atoms with E-state index in [1.807, 2.05) is 13.0 Å². The van der Waals surface area contributed by atoms with Gasteiger partial charge in [0.1, 0.15) is 17.1 Å². The maximum Gasteiger partial charge on any atom is 0.339 e. The number of methoxy groups -OCH3 is 2. The van der Waals surface area contributed by atoms with Gasteiger partial charge >= 0.3 is 5.63 Å². The molecule has 4 nitrogen and oxygen atoms in total. The van der Waals surface area contributed by atoms with Crippen LogP contribution in [0.5, 0.6) is 11.5 Å². The van der Waals surface area contributed by atoms with Crippen LogP contribution in [-0.4, -0.2) is 14.2 Å². The zero-order valence-electron chi connectivity index (χ0n) is 9.37. The lowest BCUT2D eigenvalue weighted by Gasteiger charge is -2.08. The summed E-state index contributed by atoms with van der Waals surface area (Å²) < 4.78 is 15.4. The van der Waals surface area contributed by atoms with Crippen LogP contribution in [0.2, 0.25) is 0 Å². The van der Waals surface area contributed by atoms with E-state index in [-0.39, 0.29) is 0 Å². The highest BCUT2D eigenvalue weighted by Crippen LogP contribution is 2.30. The molecule has 1 heterocycles. The van der Waals surface area contributed by atoms with Crippen molar-refractivity contribution >= 4 is 11.0 Å². The number of aryl methyl sites for hydroxylation is 1. The SMILES string of the molecule is COc1cc(C)c2c(OC)cc(=O)oc2c1. The lowest BCUT2D eigenvalue weighted by atomic mass is 10.1. The Morgan fingerprint density at radius 1 is 1.12 bits per heavy atom. The van der Waals surface area contributed by atoms with Crippen molar-refractivity contribution in [2.45, 2.75) is 6.92 Å². The van der Waals surface area contributed by atoms with E-state index < -0.39 is 5.63 Å². The molecule has 0 saturated carbocycles. The van der Waals surface area contributed by atoms with Crippen molar-refractivity contribution in [1.29, 1.82) is 0 Å². The lowest BCUT2D eigenvalue weighted by Crippen LogP contribution is -2.00. The van der Waals surface area contributed by atoms with Gasteiger partial charge in [-0.2, -0.15) is 0 Å². The highest BCUT2D eigenvalue weighted by atomic mass is 16.5. The summed E-state index contributed by atoms with van der Waals surface area (Å²) in [7, 11) is 3.09. The van der Waals surface area contributed by atoms with Crippen LogP contribution in [0.25, 0.3) is 11.0 Å². The predicted molar refractivity (Wildman–Crippen MR) is 60.3 cm³/mol. The fraction of sp³-hybridized carbons (Fsp3) is 0.250. The Morgan fingerprint density at radius 2 is 1.88 bits per heavy atom. The molecule has 2 rings (SSSR count). The first-order valence-corrected chi connectivity index (χ1v) is 4.82. The minimum Gasteiger partial charge on any atom is -0.497 e. The van der Waals surface area contributed by atoms with E-state index in [9.17, 15) is 4.79 Å². The molecule has 0 fully saturated rings. The topological polar surface area (TPSA) is 48.7 Å². The van der Waals surface area contributed by atoms with Gasteiger partial charge in [0.15, 0.2) is 0 Å². The van der Waals surface area contributed by atoms with E-state index in [1.165, 1.54) is 13.2 Å². The van der Waals surface area contributed by atoms with Gasteiger partial charge in [0.2, 0.25) is 0 Å². The fourth-order valence-electron chi connectivity index (χ4n) is 1.72. The molecule has 0 atom stereocenters. The van der Waals surface area contributed by atoms with Gasteiger partial charge in [0.05, 0.1) is 25.7 Å². The summed E-state index contributed by atoms with van der Waals surface area (Å²) in [6, 6.07) is 4.87. The van der Waals surface area contributed by atoms with Crippen LogP contribution in [0.15, 0.2) is 27.4 Å². The van der Waals surface area contributed by atoms with Crippen molar-refractivity contribution in [3.05, 3.63) is 34.2 Å². The van der Waals surface area contributed by atoms with E-state index in [1.54, 1.807) is 13.2 Å². The molecule has 0 aliphatic rings. The second-order valence-electron chi connectivity index (χ2n) is 3.45. The molecule has 1 aromatic heterocycles. The van der Waals surface area contributed by atoms with Crippen molar-refractivity contribution < 1.29 is 13.9 Å². The second kappa shape index (κ2) is 3.89.